The zero-order chi connectivity index (χ0) is 11.0. The Morgan fingerprint density at radius 1 is 1.06 bits per heavy atom. The van der Waals surface area contributed by atoms with E-state index in [2.05, 4.69) is 17.2 Å². The number of nitrogens with zero attached hydrogens (tertiary/aromatic N) is 2. The first-order valence-corrected chi connectivity index (χ1v) is 5.78. The molecule has 0 atom stereocenters. The molecule has 1 aliphatic rings. The van der Waals surface area contributed by atoms with Crippen LogP contribution in [0.4, 0.5) is 5.82 Å². The minimum atomic E-state index is 0. The van der Waals surface area contributed by atoms with E-state index in [1.54, 1.807) is 0 Å². The lowest BCUT2D eigenvalue weighted by Gasteiger charge is -2.13. The first-order valence-electron chi connectivity index (χ1n) is 5.78. The van der Waals surface area contributed by atoms with Gasteiger partial charge in [0.2, 0.25) is 0 Å². The topological polar surface area (TPSA) is 43.8 Å². The van der Waals surface area contributed by atoms with Crippen LogP contribution in [0.1, 0.15) is 24.1 Å². The summed E-state index contributed by atoms with van der Waals surface area (Å²) >= 11 is 0. The fourth-order valence-electron chi connectivity index (χ4n) is 2.41. The van der Waals surface area contributed by atoms with Crippen molar-refractivity contribution in [3.05, 3.63) is 41.6 Å². The van der Waals surface area contributed by atoms with E-state index in [1.807, 2.05) is 22.9 Å². The molecular weight excluding hydrogens is 234 g/mol. The molecule has 0 fully saturated rings. The van der Waals surface area contributed by atoms with Crippen LogP contribution in [0.3, 0.4) is 0 Å². The second-order valence-electron chi connectivity index (χ2n) is 4.26. The molecule has 1 aromatic heterocycles. The maximum absolute atomic E-state index is 5.97. The molecule has 0 amide bonds. The molecule has 0 spiro atoms. The van der Waals surface area contributed by atoms with E-state index in [0.29, 0.717) is 5.82 Å². The van der Waals surface area contributed by atoms with Gasteiger partial charge in [0.1, 0.15) is 5.82 Å². The Kier molecular flexibility index (Phi) is 3.38. The quantitative estimate of drug-likeness (QED) is 0.845. The highest BCUT2D eigenvalue weighted by molar-refractivity contribution is 5.85. The molecule has 3 nitrogen and oxygen atoms in total. The van der Waals surface area contributed by atoms with Crippen molar-refractivity contribution in [1.82, 2.24) is 9.78 Å². The number of hydrogen-bond acceptors (Lipinski definition) is 2. The largest absolute Gasteiger partial charge is 0.382 e. The van der Waals surface area contributed by atoms with Gasteiger partial charge in [-0.1, -0.05) is 18.2 Å². The second-order valence-corrected chi connectivity index (χ2v) is 4.26. The van der Waals surface area contributed by atoms with E-state index in [0.717, 1.165) is 18.5 Å². The summed E-state index contributed by atoms with van der Waals surface area (Å²) in [6.45, 7) is 0. The highest BCUT2D eigenvalue weighted by Crippen LogP contribution is 2.27. The van der Waals surface area contributed by atoms with Gasteiger partial charge in [-0.15, -0.1) is 12.4 Å². The van der Waals surface area contributed by atoms with Gasteiger partial charge in [0.15, 0.2) is 0 Å². The van der Waals surface area contributed by atoms with Crippen LogP contribution >= 0.6 is 12.4 Å². The van der Waals surface area contributed by atoms with Crippen molar-refractivity contribution >= 4 is 18.2 Å². The fraction of sp³-hybridized carbons (Fsp3) is 0.308. The Labute approximate surface area is 107 Å². The van der Waals surface area contributed by atoms with Crippen LogP contribution in [0.15, 0.2) is 30.3 Å². The third-order valence-electron chi connectivity index (χ3n) is 3.21. The molecule has 1 aromatic carbocycles. The Morgan fingerprint density at radius 2 is 1.76 bits per heavy atom. The lowest BCUT2D eigenvalue weighted by molar-refractivity contribution is 0.653. The van der Waals surface area contributed by atoms with Crippen LogP contribution in [0.25, 0.3) is 5.69 Å². The van der Waals surface area contributed by atoms with E-state index < -0.39 is 0 Å². The van der Waals surface area contributed by atoms with Crippen molar-refractivity contribution in [1.29, 1.82) is 0 Å². The molecule has 2 aromatic rings. The molecule has 1 aliphatic carbocycles. The molecule has 3 rings (SSSR count). The summed E-state index contributed by atoms with van der Waals surface area (Å²) in [7, 11) is 0. The van der Waals surface area contributed by atoms with Crippen LogP contribution in [-0.4, -0.2) is 9.78 Å². The summed E-state index contributed by atoms with van der Waals surface area (Å²) in [5, 5.41) is 4.46. The summed E-state index contributed by atoms with van der Waals surface area (Å²) in [5.74, 6) is 0.707. The molecule has 90 valence electrons. The van der Waals surface area contributed by atoms with Crippen molar-refractivity contribution in [2.24, 2.45) is 0 Å². The van der Waals surface area contributed by atoms with E-state index >= 15 is 0 Å². The normalized spacial score (nSPS) is 13.9. The van der Waals surface area contributed by atoms with Gasteiger partial charge in [0.25, 0.3) is 0 Å². The summed E-state index contributed by atoms with van der Waals surface area (Å²) < 4.78 is 2.00. The van der Waals surface area contributed by atoms with Gasteiger partial charge < -0.3 is 5.73 Å². The molecular formula is C13H16ClN3. The number of nitrogen functional groups attached to an aromatic ring is 1. The number of nitrogens with two attached hydrogens (primary N) is 1. The highest BCUT2D eigenvalue weighted by atomic mass is 35.5. The summed E-state index contributed by atoms with van der Waals surface area (Å²) in [6.07, 6.45) is 4.64. The zero-order valence-corrected chi connectivity index (χ0v) is 10.4. The van der Waals surface area contributed by atoms with Crippen LogP contribution < -0.4 is 5.73 Å². The van der Waals surface area contributed by atoms with E-state index in [9.17, 15) is 0 Å². The molecule has 0 aliphatic heterocycles. The summed E-state index contributed by atoms with van der Waals surface area (Å²) in [4.78, 5) is 0. The third kappa shape index (κ3) is 2.03. The van der Waals surface area contributed by atoms with Gasteiger partial charge in [-0.2, -0.15) is 5.10 Å². The third-order valence-corrected chi connectivity index (χ3v) is 3.21. The number of fused-ring (bicyclic) bond motifs is 1. The zero-order valence-electron chi connectivity index (χ0n) is 9.60. The monoisotopic (exact) mass is 249 g/mol. The molecule has 2 N–H and O–H groups in total. The molecule has 0 unspecified atom stereocenters. The number of benzene rings is 1. The number of rotatable bonds is 1. The average Bonchev–Trinajstić information content (AvgIpc) is 2.69. The first-order chi connectivity index (χ1) is 7.86. The van der Waals surface area contributed by atoms with Crippen molar-refractivity contribution in [2.45, 2.75) is 25.7 Å². The molecule has 4 heteroatoms. The standard InChI is InChI=1S/C13H15N3.ClH/c14-13-11-8-4-5-9-12(11)16(15-13)10-6-2-1-3-7-10;/h1-3,6-7H,4-5,8-9H2,(H2,14,15);1H. The van der Waals surface area contributed by atoms with Gasteiger partial charge in [-0.25, -0.2) is 4.68 Å². The van der Waals surface area contributed by atoms with Gasteiger partial charge in [0, 0.05) is 11.3 Å². The average molecular weight is 250 g/mol. The predicted molar refractivity (Wildman–Crippen MR) is 71.9 cm³/mol. The Balaban J connectivity index is 0.00000108. The maximum atomic E-state index is 5.97. The van der Waals surface area contributed by atoms with Crippen LogP contribution in [-0.2, 0) is 12.8 Å². The number of anilines is 1. The van der Waals surface area contributed by atoms with Crippen LogP contribution in [0, 0.1) is 0 Å². The molecule has 0 radical (unpaired) electrons. The van der Waals surface area contributed by atoms with E-state index in [-0.39, 0.29) is 12.4 Å². The lowest BCUT2D eigenvalue weighted by atomic mass is 9.97. The number of hydrogen-bond donors (Lipinski definition) is 1. The Morgan fingerprint density at radius 3 is 2.53 bits per heavy atom. The Bertz CT molecular complexity index is 505. The van der Waals surface area contributed by atoms with Gasteiger partial charge in [-0.05, 0) is 37.8 Å². The van der Waals surface area contributed by atoms with Gasteiger partial charge in [0.05, 0.1) is 5.69 Å². The van der Waals surface area contributed by atoms with E-state index in [4.69, 9.17) is 5.73 Å². The first kappa shape index (κ1) is 12.0. The second kappa shape index (κ2) is 4.80. The van der Waals surface area contributed by atoms with Crippen LogP contribution in [0.2, 0.25) is 0 Å². The van der Waals surface area contributed by atoms with Crippen molar-refractivity contribution in [2.75, 3.05) is 5.73 Å². The minimum Gasteiger partial charge on any atom is -0.382 e. The number of aromatic nitrogens is 2. The van der Waals surface area contributed by atoms with Gasteiger partial charge in [-0.3, -0.25) is 0 Å². The van der Waals surface area contributed by atoms with Gasteiger partial charge >= 0.3 is 0 Å². The molecule has 1 heterocycles. The van der Waals surface area contributed by atoms with Crippen molar-refractivity contribution in [3.8, 4) is 5.69 Å². The number of para-hydroxylation sites is 1. The predicted octanol–water partition coefficient (Wildman–Crippen LogP) is 2.76. The summed E-state index contributed by atoms with van der Waals surface area (Å²) in [5.41, 5.74) is 9.64. The maximum Gasteiger partial charge on any atom is 0.149 e. The molecule has 0 saturated carbocycles. The minimum absolute atomic E-state index is 0. The SMILES string of the molecule is Cl.Nc1nn(-c2ccccc2)c2c1CCCC2. The smallest absolute Gasteiger partial charge is 0.149 e. The molecule has 0 saturated heterocycles. The van der Waals surface area contributed by atoms with Crippen molar-refractivity contribution < 1.29 is 0 Å². The molecule has 17 heavy (non-hydrogen) atoms. The molecule has 0 bridgehead atoms. The lowest BCUT2D eigenvalue weighted by Crippen LogP contribution is -2.07. The fourth-order valence-corrected chi connectivity index (χ4v) is 2.41. The van der Waals surface area contributed by atoms with E-state index in [1.165, 1.54) is 24.1 Å². The highest BCUT2D eigenvalue weighted by Gasteiger charge is 2.19. The summed E-state index contributed by atoms with van der Waals surface area (Å²) in [6, 6.07) is 10.2. The number of halogens is 1. The Hall–Kier alpha value is -1.48. The van der Waals surface area contributed by atoms with Crippen LogP contribution in [0.5, 0.6) is 0 Å². The van der Waals surface area contributed by atoms with Crippen molar-refractivity contribution in [3.63, 3.8) is 0 Å².